The molecule has 0 aliphatic carbocycles. The Morgan fingerprint density at radius 2 is 2.40 bits per heavy atom. The first-order valence-corrected chi connectivity index (χ1v) is 5.25. The Bertz CT molecular complexity index is 562. The Labute approximate surface area is 89.0 Å². The number of rotatable bonds is 2. The zero-order valence-corrected chi connectivity index (χ0v) is 8.55. The molecule has 2 N–H and O–H groups in total. The largest absolute Gasteiger partial charge is 0.367 e. The van der Waals surface area contributed by atoms with E-state index in [1.165, 1.54) is 0 Å². The summed E-state index contributed by atoms with van der Waals surface area (Å²) in [4.78, 5) is 9.27. The van der Waals surface area contributed by atoms with Crippen LogP contribution in [-0.2, 0) is 6.54 Å². The molecule has 3 rings (SSSR count). The van der Waals surface area contributed by atoms with Crippen molar-refractivity contribution in [1.82, 2.24) is 24.1 Å². The van der Waals surface area contributed by atoms with Crippen molar-refractivity contribution in [2.75, 3.05) is 5.73 Å². The first kappa shape index (κ1) is 8.42. The van der Waals surface area contributed by atoms with Gasteiger partial charge in [0, 0.05) is 17.8 Å². The second-order valence-corrected chi connectivity index (χ2v) is 4.00. The minimum Gasteiger partial charge on any atom is -0.367 e. The molecule has 3 aromatic rings. The molecule has 0 aliphatic rings. The highest BCUT2D eigenvalue weighted by molar-refractivity contribution is 7.15. The maximum Gasteiger partial charge on any atom is 0.239 e. The summed E-state index contributed by atoms with van der Waals surface area (Å²) in [5.41, 5.74) is 6.37. The molecule has 0 aromatic carbocycles. The highest BCUT2D eigenvalue weighted by Gasteiger charge is 2.04. The number of nitrogens with zero attached hydrogens (tertiary/aromatic N) is 5. The number of hydrogen-bond donors (Lipinski definition) is 1. The van der Waals surface area contributed by atoms with E-state index in [1.807, 2.05) is 22.2 Å². The van der Waals surface area contributed by atoms with Gasteiger partial charge in [0.25, 0.3) is 0 Å². The maximum absolute atomic E-state index is 5.42. The molecule has 3 aromatic heterocycles. The van der Waals surface area contributed by atoms with Crippen molar-refractivity contribution in [3.8, 4) is 0 Å². The molecule has 0 bridgehead atoms. The lowest BCUT2D eigenvalue weighted by molar-refractivity contribution is 0.676. The van der Waals surface area contributed by atoms with Crippen molar-refractivity contribution in [3.05, 3.63) is 29.8 Å². The molecule has 0 atom stereocenters. The lowest BCUT2D eigenvalue weighted by Crippen LogP contribution is -2.01. The number of imidazole rings is 1. The van der Waals surface area contributed by atoms with E-state index >= 15 is 0 Å². The predicted molar refractivity (Wildman–Crippen MR) is 56.6 cm³/mol. The molecular formula is C8H8N6S. The van der Waals surface area contributed by atoms with Gasteiger partial charge in [-0.2, -0.15) is 0 Å². The van der Waals surface area contributed by atoms with Crippen molar-refractivity contribution in [2.24, 2.45) is 0 Å². The molecule has 0 aliphatic heterocycles. The lowest BCUT2D eigenvalue weighted by atomic mass is 10.5. The van der Waals surface area contributed by atoms with E-state index in [4.69, 9.17) is 5.73 Å². The molecule has 0 saturated carbocycles. The molecule has 7 heteroatoms. The molecule has 0 unspecified atom stereocenters. The zero-order valence-electron chi connectivity index (χ0n) is 7.74. The third kappa shape index (κ3) is 1.46. The van der Waals surface area contributed by atoms with Crippen molar-refractivity contribution in [3.63, 3.8) is 0 Å². The number of anilines is 1. The molecule has 0 fully saturated rings. The van der Waals surface area contributed by atoms with Gasteiger partial charge in [-0.15, -0.1) is 16.4 Å². The van der Waals surface area contributed by atoms with Crippen molar-refractivity contribution in [2.45, 2.75) is 6.54 Å². The summed E-state index contributed by atoms with van der Waals surface area (Å²) in [5.74, 6) is 0.288. The van der Waals surface area contributed by atoms with Crippen LogP contribution in [-0.4, -0.2) is 24.1 Å². The average molecular weight is 220 g/mol. The average Bonchev–Trinajstić information content (AvgIpc) is 2.81. The lowest BCUT2D eigenvalue weighted by Gasteiger charge is -1.93. The maximum atomic E-state index is 5.42. The Morgan fingerprint density at radius 1 is 1.47 bits per heavy atom. The van der Waals surface area contributed by atoms with Gasteiger partial charge in [0.05, 0.1) is 12.2 Å². The Morgan fingerprint density at radius 3 is 3.13 bits per heavy atom. The summed E-state index contributed by atoms with van der Waals surface area (Å²) >= 11 is 1.61. The van der Waals surface area contributed by atoms with Gasteiger partial charge in [0.1, 0.15) is 6.33 Å². The molecule has 0 spiro atoms. The van der Waals surface area contributed by atoms with Crippen LogP contribution in [0, 0.1) is 0 Å². The standard InChI is InChI=1S/C8H8N6S/c9-7-10-5-14(12-7)4-6-3-13-1-2-15-8(13)11-6/h1-3,5H,4H2,(H2,9,12). The second-order valence-electron chi connectivity index (χ2n) is 3.13. The highest BCUT2D eigenvalue weighted by Crippen LogP contribution is 2.11. The van der Waals surface area contributed by atoms with Gasteiger partial charge in [0.15, 0.2) is 4.96 Å². The van der Waals surface area contributed by atoms with Gasteiger partial charge in [-0.1, -0.05) is 0 Å². The van der Waals surface area contributed by atoms with E-state index in [1.54, 1.807) is 22.3 Å². The highest BCUT2D eigenvalue weighted by atomic mass is 32.1. The van der Waals surface area contributed by atoms with Crippen LogP contribution in [0.2, 0.25) is 0 Å². The van der Waals surface area contributed by atoms with Crippen LogP contribution >= 0.6 is 11.3 Å². The first-order chi connectivity index (χ1) is 7.31. The van der Waals surface area contributed by atoms with Crippen molar-refractivity contribution >= 4 is 22.2 Å². The van der Waals surface area contributed by atoms with Crippen LogP contribution < -0.4 is 5.73 Å². The molecule has 0 amide bonds. The molecule has 0 saturated heterocycles. The van der Waals surface area contributed by atoms with Gasteiger partial charge in [0.2, 0.25) is 5.95 Å². The summed E-state index contributed by atoms with van der Waals surface area (Å²) in [6, 6.07) is 0. The van der Waals surface area contributed by atoms with E-state index in [0.29, 0.717) is 6.54 Å². The first-order valence-electron chi connectivity index (χ1n) is 4.37. The fourth-order valence-corrected chi connectivity index (χ4v) is 2.12. The van der Waals surface area contributed by atoms with Gasteiger partial charge in [-0.25, -0.2) is 14.6 Å². The van der Waals surface area contributed by atoms with Crippen molar-refractivity contribution < 1.29 is 0 Å². The van der Waals surface area contributed by atoms with Crippen LogP contribution in [0.1, 0.15) is 5.69 Å². The predicted octanol–water partition coefficient (Wildman–Crippen LogP) is 0.618. The number of fused-ring (bicyclic) bond motifs is 1. The van der Waals surface area contributed by atoms with E-state index < -0.39 is 0 Å². The summed E-state index contributed by atoms with van der Waals surface area (Å²) in [5, 5.41) is 6.00. The molecule has 76 valence electrons. The minimum atomic E-state index is 0.288. The van der Waals surface area contributed by atoms with Crippen LogP contribution in [0.15, 0.2) is 24.1 Å². The van der Waals surface area contributed by atoms with E-state index in [-0.39, 0.29) is 5.95 Å². The normalized spacial score (nSPS) is 11.2. The molecule has 0 radical (unpaired) electrons. The van der Waals surface area contributed by atoms with Gasteiger partial charge in [-0.05, 0) is 0 Å². The topological polar surface area (TPSA) is 74.0 Å². The van der Waals surface area contributed by atoms with Crippen LogP contribution in [0.3, 0.4) is 0 Å². The smallest absolute Gasteiger partial charge is 0.239 e. The number of thiazole rings is 1. The molecular weight excluding hydrogens is 212 g/mol. The fourth-order valence-electron chi connectivity index (χ4n) is 1.40. The third-order valence-electron chi connectivity index (χ3n) is 2.02. The van der Waals surface area contributed by atoms with E-state index in [9.17, 15) is 0 Å². The summed E-state index contributed by atoms with van der Waals surface area (Å²) in [6.07, 6.45) is 5.55. The van der Waals surface area contributed by atoms with E-state index in [2.05, 4.69) is 15.1 Å². The van der Waals surface area contributed by atoms with Crippen LogP contribution in [0.5, 0.6) is 0 Å². The number of hydrogen-bond acceptors (Lipinski definition) is 5. The summed E-state index contributed by atoms with van der Waals surface area (Å²) < 4.78 is 3.65. The zero-order chi connectivity index (χ0) is 10.3. The molecule has 3 heterocycles. The summed E-state index contributed by atoms with van der Waals surface area (Å²) in [6.45, 7) is 0.596. The monoisotopic (exact) mass is 220 g/mol. The quantitative estimate of drug-likeness (QED) is 0.687. The van der Waals surface area contributed by atoms with E-state index in [0.717, 1.165) is 10.7 Å². The number of nitrogens with two attached hydrogens (primary N) is 1. The van der Waals surface area contributed by atoms with Gasteiger partial charge in [-0.3, -0.25) is 4.40 Å². The Balaban J connectivity index is 1.92. The third-order valence-corrected chi connectivity index (χ3v) is 2.79. The SMILES string of the molecule is Nc1ncn(Cc2cn3ccsc3n2)n1. The summed E-state index contributed by atoms with van der Waals surface area (Å²) in [7, 11) is 0. The number of nitrogen functional groups attached to an aromatic ring is 1. The Kier molecular flexibility index (Phi) is 1.72. The van der Waals surface area contributed by atoms with Crippen molar-refractivity contribution in [1.29, 1.82) is 0 Å². The number of aromatic nitrogens is 5. The van der Waals surface area contributed by atoms with Crippen LogP contribution in [0.4, 0.5) is 5.95 Å². The van der Waals surface area contributed by atoms with Gasteiger partial charge >= 0.3 is 0 Å². The fraction of sp³-hybridized carbons (Fsp3) is 0.125. The second kappa shape index (κ2) is 3.06. The van der Waals surface area contributed by atoms with Gasteiger partial charge < -0.3 is 5.73 Å². The molecule has 15 heavy (non-hydrogen) atoms. The Hall–Kier alpha value is -1.89. The molecule has 6 nitrogen and oxygen atoms in total. The minimum absolute atomic E-state index is 0.288. The van der Waals surface area contributed by atoms with Crippen LogP contribution in [0.25, 0.3) is 4.96 Å².